The number of amides is 1. The molecule has 1 aliphatic carbocycles. The predicted molar refractivity (Wildman–Crippen MR) is 67.6 cm³/mol. The third kappa shape index (κ3) is 1.43. The molecule has 96 valence electrons. The molecule has 2 unspecified atom stereocenters. The van der Waals surface area contributed by atoms with Crippen molar-refractivity contribution in [3.05, 3.63) is 23.1 Å². The van der Waals surface area contributed by atoms with Crippen LogP contribution in [0, 0.1) is 17.4 Å². The van der Waals surface area contributed by atoms with Crippen molar-refractivity contribution in [2.75, 3.05) is 13.6 Å². The molecule has 2 atom stereocenters. The number of hydrogen-bond acceptors (Lipinski definition) is 2. The number of ketones is 1. The van der Waals surface area contributed by atoms with E-state index in [4.69, 9.17) is 6.57 Å². The summed E-state index contributed by atoms with van der Waals surface area (Å²) in [5, 5.41) is 0. The Labute approximate surface area is 107 Å². The van der Waals surface area contributed by atoms with Crippen molar-refractivity contribution in [3.8, 4) is 0 Å². The summed E-state index contributed by atoms with van der Waals surface area (Å²) >= 11 is 0. The van der Waals surface area contributed by atoms with Crippen LogP contribution in [0.25, 0.3) is 4.85 Å². The molecule has 0 bridgehead atoms. The zero-order valence-electron chi connectivity index (χ0n) is 11.3. The van der Waals surface area contributed by atoms with Crippen LogP contribution in [0.4, 0.5) is 0 Å². The van der Waals surface area contributed by atoms with Crippen LogP contribution in [0.1, 0.15) is 27.2 Å². The minimum atomic E-state index is -0.709. The second-order valence-electron chi connectivity index (χ2n) is 5.97. The first-order valence-electron chi connectivity index (χ1n) is 6.12. The molecule has 0 aromatic heterocycles. The Morgan fingerprint density at radius 2 is 2.00 bits per heavy atom. The maximum atomic E-state index is 12.4. The molecule has 0 saturated heterocycles. The fourth-order valence-corrected chi connectivity index (χ4v) is 3.35. The summed E-state index contributed by atoms with van der Waals surface area (Å²) in [5.41, 5.74) is -0.512. The van der Waals surface area contributed by atoms with Crippen molar-refractivity contribution in [2.24, 2.45) is 10.8 Å². The molecule has 4 heteroatoms. The van der Waals surface area contributed by atoms with Gasteiger partial charge in [0.15, 0.2) is 0 Å². The van der Waals surface area contributed by atoms with Crippen LogP contribution in [-0.4, -0.2) is 36.2 Å². The molecule has 18 heavy (non-hydrogen) atoms. The average Bonchev–Trinajstić information content (AvgIpc) is 2.31. The first kappa shape index (κ1) is 12.8. The first-order chi connectivity index (χ1) is 8.25. The van der Waals surface area contributed by atoms with Gasteiger partial charge in [0.05, 0.1) is 10.8 Å². The standard InChI is InChI=1S/C14H18N2O2/c1-13(2)10-6-7-16(5)12(18)14(10,3)8-9(15-4)11(13)17/h6,9H,7-8H2,1-3,5H3. The molecule has 1 aliphatic heterocycles. The van der Waals surface area contributed by atoms with Crippen molar-refractivity contribution in [1.29, 1.82) is 0 Å². The minimum Gasteiger partial charge on any atom is -0.341 e. The molecular formula is C14H18N2O2. The fourth-order valence-electron chi connectivity index (χ4n) is 3.35. The summed E-state index contributed by atoms with van der Waals surface area (Å²) in [6.45, 7) is 13.2. The topological polar surface area (TPSA) is 41.7 Å². The first-order valence-corrected chi connectivity index (χ1v) is 6.12. The number of carbonyl (C=O) groups excluding carboxylic acids is 2. The monoisotopic (exact) mass is 246 g/mol. The number of Topliss-reactive ketones (excluding diaryl/α,β-unsaturated/α-hetero) is 1. The summed E-state index contributed by atoms with van der Waals surface area (Å²) in [7, 11) is 1.76. The van der Waals surface area contributed by atoms with Gasteiger partial charge in [-0.25, -0.2) is 6.57 Å². The number of likely N-dealkylation sites (N-methyl/N-ethyl adjacent to an activating group) is 1. The van der Waals surface area contributed by atoms with Gasteiger partial charge < -0.3 is 9.74 Å². The summed E-state index contributed by atoms with van der Waals surface area (Å²) in [6, 6.07) is -0.697. The lowest BCUT2D eigenvalue weighted by Gasteiger charge is -2.47. The maximum absolute atomic E-state index is 12.4. The molecule has 0 spiro atoms. The van der Waals surface area contributed by atoms with E-state index >= 15 is 0 Å². The quantitative estimate of drug-likeness (QED) is 0.482. The normalized spacial score (nSPS) is 34.7. The van der Waals surface area contributed by atoms with E-state index < -0.39 is 16.9 Å². The molecule has 0 aromatic rings. The molecule has 1 amide bonds. The molecule has 1 fully saturated rings. The van der Waals surface area contributed by atoms with Gasteiger partial charge in [0.25, 0.3) is 6.04 Å². The van der Waals surface area contributed by atoms with Crippen LogP contribution < -0.4 is 0 Å². The van der Waals surface area contributed by atoms with E-state index in [2.05, 4.69) is 4.85 Å². The minimum absolute atomic E-state index is 0.0224. The van der Waals surface area contributed by atoms with E-state index in [1.165, 1.54) is 0 Å². The molecular weight excluding hydrogens is 228 g/mol. The number of rotatable bonds is 0. The molecule has 0 N–H and O–H groups in total. The lowest BCUT2D eigenvalue weighted by molar-refractivity contribution is -0.143. The van der Waals surface area contributed by atoms with Crippen molar-refractivity contribution in [3.63, 3.8) is 0 Å². The van der Waals surface area contributed by atoms with Gasteiger partial charge in [0.2, 0.25) is 11.7 Å². The van der Waals surface area contributed by atoms with E-state index in [-0.39, 0.29) is 11.7 Å². The molecule has 0 radical (unpaired) electrons. The lowest BCUT2D eigenvalue weighted by Crippen LogP contribution is -2.56. The van der Waals surface area contributed by atoms with Crippen LogP contribution in [0.3, 0.4) is 0 Å². The Morgan fingerprint density at radius 1 is 1.39 bits per heavy atom. The number of carbonyl (C=O) groups is 2. The Hall–Kier alpha value is -1.63. The molecule has 2 aliphatic rings. The highest BCUT2D eigenvalue weighted by atomic mass is 16.2. The van der Waals surface area contributed by atoms with Crippen LogP contribution >= 0.6 is 0 Å². The Morgan fingerprint density at radius 3 is 2.56 bits per heavy atom. The maximum Gasteiger partial charge on any atom is 0.283 e. The summed E-state index contributed by atoms with van der Waals surface area (Å²) in [5.74, 6) is -0.0344. The van der Waals surface area contributed by atoms with E-state index in [0.717, 1.165) is 5.57 Å². The van der Waals surface area contributed by atoms with E-state index in [1.54, 1.807) is 11.9 Å². The highest BCUT2D eigenvalue weighted by Gasteiger charge is 2.58. The van der Waals surface area contributed by atoms with E-state index in [9.17, 15) is 9.59 Å². The van der Waals surface area contributed by atoms with Gasteiger partial charge in [-0.15, -0.1) is 0 Å². The highest BCUT2D eigenvalue weighted by molar-refractivity contribution is 6.00. The van der Waals surface area contributed by atoms with E-state index in [0.29, 0.717) is 13.0 Å². The molecule has 1 heterocycles. The Bertz CT molecular complexity index is 498. The zero-order valence-corrected chi connectivity index (χ0v) is 11.3. The summed E-state index contributed by atoms with van der Waals surface area (Å²) < 4.78 is 0. The molecule has 0 aromatic carbocycles. The number of fused-ring (bicyclic) bond motifs is 1. The van der Waals surface area contributed by atoms with Crippen molar-refractivity contribution < 1.29 is 9.59 Å². The van der Waals surface area contributed by atoms with Gasteiger partial charge >= 0.3 is 0 Å². The van der Waals surface area contributed by atoms with Crippen molar-refractivity contribution in [2.45, 2.75) is 33.2 Å². The van der Waals surface area contributed by atoms with Gasteiger partial charge in [-0.2, -0.15) is 0 Å². The molecule has 1 saturated carbocycles. The van der Waals surface area contributed by atoms with Crippen molar-refractivity contribution in [1.82, 2.24) is 4.90 Å². The van der Waals surface area contributed by atoms with Crippen LogP contribution in [0.5, 0.6) is 0 Å². The van der Waals surface area contributed by atoms with Gasteiger partial charge in [0, 0.05) is 20.0 Å². The third-order valence-corrected chi connectivity index (χ3v) is 4.33. The SMILES string of the molecule is [C-]#[N+]C1CC2(C)C(=O)N(C)CC=C2C(C)(C)C1=O. The van der Waals surface area contributed by atoms with Gasteiger partial charge in [0.1, 0.15) is 0 Å². The molecule has 4 nitrogen and oxygen atoms in total. The smallest absolute Gasteiger partial charge is 0.283 e. The number of hydrogen-bond donors (Lipinski definition) is 0. The van der Waals surface area contributed by atoms with Gasteiger partial charge in [-0.1, -0.05) is 6.08 Å². The second kappa shape index (κ2) is 3.68. The van der Waals surface area contributed by atoms with Crippen LogP contribution in [-0.2, 0) is 9.59 Å². The fraction of sp³-hybridized carbons (Fsp3) is 0.643. The Balaban J connectivity index is 2.59. The largest absolute Gasteiger partial charge is 0.341 e. The van der Waals surface area contributed by atoms with Gasteiger partial charge in [-0.3, -0.25) is 9.59 Å². The summed E-state index contributed by atoms with van der Waals surface area (Å²) in [6.07, 6.45) is 2.30. The molecule has 2 rings (SSSR count). The van der Waals surface area contributed by atoms with Crippen LogP contribution in [0.15, 0.2) is 11.6 Å². The predicted octanol–water partition coefficient (Wildman–Crippen LogP) is 1.68. The third-order valence-electron chi connectivity index (χ3n) is 4.33. The van der Waals surface area contributed by atoms with Crippen LogP contribution in [0.2, 0.25) is 0 Å². The Kier molecular flexibility index (Phi) is 2.62. The summed E-state index contributed by atoms with van der Waals surface area (Å²) in [4.78, 5) is 29.8. The number of nitrogens with zero attached hydrogens (tertiary/aromatic N) is 2. The lowest BCUT2D eigenvalue weighted by atomic mass is 9.57. The van der Waals surface area contributed by atoms with Gasteiger partial charge in [-0.05, 0) is 26.3 Å². The van der Waals surface area contributed by atoms with Crippen molar-refractivity contribution >= 4 is 11.7 Å². The highest BCUT2D eigenvalue weighted by Crippen LogP contribution is 2.51. The average molecular weight is 246 g/mol. The second-order valence-corrected chi connectivity index (χ2v) is 5.97. The van der Waals surface area contributed by atoms with E-state index in [1.807, 2.05) is 26.8 Å². The zero-order chi connectivity index (χ0) is 13.7.